The molecule has 0 saturated carbocycles. The molecule has 2 heterocycles. The van der Waals surface area contributed by atoms with E-state index < -0.39 is 0 Å². The molecule has 1 amide bonds. The number of hydrogen-bond donors (Lipinski definition) is 1. The molecule has 0 radical (unpaired) electrons. The Hall–Kier alpha value is -1.01. The molecule has 1 atom stereocenters. The normalized spacial score (nSPS) is 18.9. The maximum absolute atomic E-state index is 12.6. The van der Waals surface area contributed by atoms with Crippen molar-refractivity contribution in [3.63, 3.8) is 0 Å². The Balaban J connectivity index is 0.00000169. The van der Waals surface area contributed by atoms with E-state index in [1.54, 1.807) is 0 Å². The molecule has 3 rings (SSSR count). The van der Waals surface area contributed by atoms with Gasteiger partial charge >= 0.3 is 0 Å². The molecule has 2 saturated heterocycles. The Kier molecular flexibility index (Phi) is 9.72. The Bertz CT molecular complexity index is 544. The number of hydrogen-bond acceptors (Lipinski definition) is 4. The predicted molar refractivity (Wildman–Crippen MR) is 109 cm³/mol. The van der Waals surface area contributed by atoms with Crippen molar-refractivity contribution >= 4 is 30.7 Å². The molecule has 2 aliphatic heterocycles. The minimum absolute atomic E-state index is 0. The summed E-state index contributed by atoms with van der Waals surface area (Å²) in [6, 6.07) is 8.34. The molecule has 1 aromatic rings. The number of nitrogens with zero attached hydrogens (tertiary/aromatic N) is 2. The van der Waals surface area contributed by atoms with Gasteiger partial charge in [0.25, 0.3) is 0 Å². The monoisotopic (exact) mass is 403 g/mol. The third kappa shape index (κ3) is 5.74. The second-order valence-corrected chi connectivity index (χ2v) is 6.89. The van der Waals surface area contributed by atoms with Gasteiger partial charge in [0.2, 0.25) is 5.91 Å². The third-order valence-electron chi connectivity index (χ3n) is 5.23. The minimum Gasteiger partial charge on any atom is -0.494 e. The lowest BCUT2D eigenvalue weighted by atomic mass is 9.88. The van der Waals surface area contributed by atoms with E-state index >= 15 is 0 Å². The Morgan fingerprint density at radius 1 is 1.15 bits per heavy atom. The van der Waals surface area contributed by atoms with Crippen molar-refractivity contribution in [2.24, 2.45) is 11.8 Å². The average molecular weight is 404 g/mol. The van der Waals surface area contributed by atoms with Crippen molar-refractivity contribution in [3.8, 4) is 5.75 Å². The largest absolute Gasteiger partial charge is 0.494 e. The van der Waals surface area contributed by atoms with E-state index in [4.69, 9.17) is 4.74 Å². The highest BCUT2D eigenvalue weighted by Crippen LogP contribution is 2.20. The van der Waals surface area contributed by atoms with Crippen LogP contribution in [0.5, 0.6) is 5.75 Å². The van der Waals surface area contributed by atoms with Crippen LogP contribution < -0.4 is 10.1 Å². The molecule has 7 heteroatoms. The van der Waals surface area contributed by atoms with Crippen LogP contribution in [0.2, 0.25) is 0 Å². The van der Waals surface area contributed by atoms with E-state index in [1.165, 1.54) is 5.56 Å². The standard InChI is InChI=1S/C19H29N3O2.2ClH/c1-3-24-18-6-4-16(5-7-18)14-21-8-10-22(11-9-21)19(23)15(2)17-12-20-13-17;;/h4-7,15,17,20H,3,8-14H2,1-2H3;2*1H. The highest BCUT2D eigenvalue weighted by Gasteiger charge is 2.32. The van der Waals surface area contributed by atoms with Crippen molar-refractivity contribution in [2.45, 2.75) is 20.4 Å². The van der Waals surface area contributed by atoms with Crippen molar-refractivity contribution in [2.75, 3.05) is 45.9 Å². The zero-order chi connectivity index (χ0) is 16.9. The maximum atomic E-state index is 12.6. The van der Waals surface area contributed by atoms with Gasteiger partial charge in [-0.2, -0.15) is 0 Å². The molecule has 5 nitrogen and oxygen atoms in total. The fourth-order valence-electron chi connectivity index (χ4n) is 3.40. The third-order valence-corrected chi connectivity index (χ3v) is 5.23. The summed E-state index contributed by atoms with van der Waals surface area (Å²) < 4.78 is 5.48. The van der Waals surface area contributed by atoms with Gasteiger partial charge in [-0.3, -0.25) is 9.69 Å². The van der Waals surface area contributed by atoms with Crippen LogP contribution in [0.25, 0.3) is 0 Å². The minimum atomic E-state index is 0. The number of carbonyl (C=O) groups excluding carboxylic acids is 1. The van der Waals surface area contributed by atoms with Gasteiger partial charge in [-0.1, -0.05) is 19.1 Å². The number of rotatable bonds is 6. The molecule has 2 fully saturated rings. The molecular weight excluding hydrogens is 373 g/mol. The first-order valence-electron chi connectivity index (χ1n) is 9.11. The molecule has 0 spiro atoms. The van der Waals surface area contributed by atoms with Crippen molar-refractivity contribution in [1.82, 2.24) is 15.1 Å². The van der Waals surface area contributed by atoms with E-state index in [9.17, 15) is 4.79 Å². The van der Waals surface area contributed by atoms with Crippen LogP contribution in [-0.4, -0.2) is 61.6 Å². The highest BCUT2D eigenvalue weighted by atomic mass is 35.5. The number of amides is 1. The first-order chi connectivity index (χ1) is 11.7. The molecule has 1 N–H and O–H groups in total. The van der Waals surface area contributed by atoms with Gasteiger partial charge in [-0.15, -0.1) is 24.8 Å². The first kappa shape index (κ1) is 23.0. The Labute approximate surface area is 169 Å². The molecule has 148 valence electrons. The molecule has 2 aliphatic rings. The van der Waals surface area contributed by atoms with Crippen LogP contribution >= 0.6 is 24.8 Å². The predicted octanol–water partition coefficient (Wildman–Crippen LogP) is 2.43. The molecule has 0 aromatic heterocycles. The van der Waals surface area contributed by atoms with Gasteiger partial charge in [0.1, 0.15) is 5.75 Å². The van der Waals surface area contributed by atoms with Crippen LogP contribution in [-0.2, 0) is 11.3 Å². The van der Waals surface area contributed by atoms with E-state index in [0.717, 1.165) is 51.6 Å². The number of ether oxygens (including phenoxy) is 1. The van der Waals surface area contributed by atoms with E-state index in [-0.39, 0.29) is 30.7 Å². The zero-order valence-electron chi connectivity index (χ0n) is 15.6. The molecule has 1 unspecified atom stereocenters. The lowest BCUT2D eigenvalue weighted by Crippen LogP contribution is -2.54. The summed E-state index contributed by atoms with van der Waals surface area (Å²) in [5.74, 6) is 1.95. The van der Waals surface area contributed by atoms with Crippen molar-refractivity contribution < 1.29 is 9.53 Å². The molecular formula is C19H31Cl2N3O2. The van der Waals surface area contributed by atoms with Crippen molar-refractivity contribution in [1.29, 1.82) is 0 Å². The van der Waals surface area contributed by atoms with Crippen LogP contribution in [0.1, 0.15) is 19.4 Å². The number of halogens is 2. The summed E-state index contributed by atoms with van der Waals surface area (Å²) in [7, 11) is 0. The molecule has 0 bridgehead atoms. The van der Waals surface area contributed by atoms with Crippen molar-refractivity contribution in [3.05, 3.63) is 29.8 Å². The van der Waals surface area contributed by atoms with Crippen LogP contribution in [0.4, 0.5) is 0 Å². The second kappa shape index (κ2) is 11.0. The fraction of sp³-hybridized carbons (Fsp3) is 0.632. The summed E-state index contributed by atoms with van der Waals surface area (Å²) in [4.78, 5) is 17.0. The quantitative estimate of drug-likeness (QED) is 0.791. The van der Waals surface area contributed by atoms with Gasteiger partial charge in [0, 0.05) is 38.6 Å². The highest BCUT2D eigenvalue weighted by molar-refractivity contribution is 5.85. The second-order valence-electron chi connectivity index (χ2n) is 6.89. The van der Waals surface area contributed by atoms with Crippen LogP contribution in [0, 0.1) is 11.8 Å². The van der Waals surface area contributed by atoms with Crippen LogP contribution in [0.15, 0.2) is 24.3 Å². The zero-order valence-corrected chi connectivity index (χ0v) is 17.3. The van der Waals surface area contributed by atoms with Gasteiger partial charge in [0.05, 0.1) is 6.61 Å². The first-order valence-corrected chi connectivity index (χ1v) is 9.11. The molecule has 26 heavy (non-hydrogen) atoms. The van der Waals surface area contributed by atoms with Gasteiger partial charge in [-0.05, 0) is 43.6 Å². The molecule has 1 aromatic carbocycles. The lowest BCUT2D eigenvalue weighted by molar-refractivity contribution is -0.139. The van der Waals surface area contributed by atoms with E-state index in [0.29, 0.717) is 18.4 Å². The van der Waals surface area contributed by atoms with Gasteiger partial charge < -0.3 is 15.0 Å². The summed E-state index contributed by atoms with van der Waals surface area (Å²) in [6.07, 6.45) is 0. The Morgan fingerprint density at radius 3 is 2.27 bits per heavy atom. The Morgan fingerprint density at radius 2 is 1.77 bits per heavy atom. The number of nitrogens with one attached hydrogen (secondary N) is 1. The van der Waals surface area contributed by atoms with Crippen LogP contribution in [0.3, 0.4) is 0 Å². The summed E-state index contributed by atoms with van der Waals surface area (Å²) in [6.45, 7) is 11.3. The topological polar surface area (TPSA) is 44.8 Å². The number of piperazine rings is 1. The van der Waals surface area contributed by atoms with E-state index in [2.05, 4.69) is 34.2 Å². The SMILES string of the molecule is CCOc1ccc(CN2CCN(C(=O)C(C)C3CNC3)CC2)cc1.Cl.Cl. The lowest BCUT2D eigenvalue weighted by Gasteiger charge is -2.39. The summed E-state index contributed by atoms with van der Waals surface area (Å²) in [5.41, 5.74) is 1.30. The smallest absolute Gasteiger partial charge is 0.225 e. The number of carbonyl (C=O) groups is 1. The fourth-order valence-corrected chi connectivity index (χ4v) is 3.40. The van der Waals surface area contributed by atoms with Gasteiger partial charge in [-0.25, -0.2) is 0 Å². The average Bonchev–Trinajstić information content (AvgIpc) is 2.55. The molecule has 0 aliphatic carbocycles. The summed E-state index contributed by atoms with van der Waals surface area (Å²) >= 11 is 0. The summed E-state index contributed by atoms with van der Waals surface area (Å²) in [5, 5.41) is 3.26. The van der Waals surface area contributed by atoms with Gasteiger partial charge in [0.15, 0.2) is 0 Å². The van der Waals surface area contributed by atoms with E-state index in [1.807, 2.05) is 19.1 Å². The maximum Gasteiger partial charge on any atom is 0.225 e. The number of benzene rings is 1.